The summed E-state index contributed by atoms with van der Waals surface area (Å²) < 4.78 is 25.3. The van der Waals surface area contributed by atoms with Gasteiger partial charge in [-0.1, -0.05) is 80.5 Å². The number of carbonyl (C=O) groups is 1. The molecule has 1 aliphatic rings. The lowest BCUT2D eigenvalue weighted by atomic mass is 10.0. The van der Waals surface area contributed by atoms with E-state index >= 15 is 0 Å². The third-order valence-electron chi connectivity index (χ3n) is 5.86. The lowest BCUT2D eigenvalue weighted by Gasteiger charge is -2.27. The predicted octanol–water partition coefficient (Wildman–Crippen LogP) is 5.05. The third-order valence-corrected chi connectivity index (χ3v) is 9.27. The first kappa shape index (κ1) is 21.6. The van der Waals surface area contributed by atoms with E-state index < -0.39 is 20.5 Å². The Hall–Kier alpha value is -2.58. The number of nitrogens with zero attached hydrogens (tertiary/aromatic N) is 2. The minimum Gasteiger partial charge on any atom is -0.299 e. The molecule has 1 aliphatic carbocycles. The molecule has 162 valence electrons. The summed E-state index contributed by atoms with van der Waals surface area (Å²) in [5.41, 5.74) is 2.14. The lowest BCUT2D eigenvalue weighted by molar-refractivity contribution is -0.118. The number of rotatable bonds is 6. The van der Waals surface area contributed by atoms with Crippen molar-refractivity contribution >= 4 is 32.2 Å². The standard InChI is InChI=1S/C23H25N3O3S2/c1-16(2)17-10-12-18(13-11-17)20-25-26-22(30-20)24-21(27)23(14-6-7-15-23)31(28,29)19-8-4-3-5-9-19/h3-5,8-13,16H,6-7,14-15H2,1-2H3,(H,24,26,27). The summed E-state index contributed by atoms with van der Waals surface area (Å²) in [5.74, 6) is -0.0841. The van der Waals surface area contributed by atoms with Gasteiger partial charge in [-0.05, 0) is 36.5 Å². The second kappa shape index (κ2) is 8.51. The first-order chi connectivity index (χ1) is 14.8. The van der Waals surface area contributed by atoms with Crippen LogP contribution in [0.2, 0.25) is 0 Å². The van der Waals surface area contributed by atoms with Crippen LogP contribution in [0, 0.1) is 0 Å². The number of carbonyl (C=O) groups excluding carboxylic acids is 1. The van der Waals surface area contributed by atoms with E-state index in [1.54, 1.807) is 30.3 Å². The van der Waals surface area contributed by atoms with Crippen LogP contribution in [0.4, 0.5) is 5.13 Å². The summed E-state index contributed by atoms with van der Waals surface area (Å²) in [6, 6.07) is 16.3. The van der Waals surface area contributed by atoms with Gasteiger partial charge in [0.15, 0.2) is 14.6 Å². The Morgan fingerprint density at radius 1 is 1.00 bits per heavy atom. The van der Waals surface area contributed by atoms with Gasteiger partial charge in [0, 0.05) is 5.56 Å². The maximum Gasteiger partial charge on any atom is 0.248 e. The van der Waals surface area contributed by atoms with Gasteiger partial charge in [-0.15, -0.1) is 10.2 Å². The van der Waals surface area contributed by atoms with Gasteiger partial charge in [-0.2, -0.15) is 0 Å². The molecule has 1 fully saturated rings. The molecule has 1 amide bonds. The van der Waals surface area contributed by atoms with Crippen molar-refractivity contribution in [1.82, 2.24) is 10.2 Å². The molecule has 1 aromatic heterocycles. The van der Waals surface area contributed by atoms with Gasteiger partial charge in [0.25, 0.3) is 0 Å². The third kappa shape index (κ3) is 4.02. The first-order valence-corrected chi connectivity index (χ1v) is 12.7. The molecule has 0 unspecified atom stereocenters. The molecule has 6 nitrogen and oxygen atoms in total. The number of sulfone groups is 1. The lowest BCUT2D eigenvalue weighted by Crippen LogP contribution is -2.47. The van der Waals surface area contributed by atoms with Crippen molar-refractivity contribution in [2.75, 3.05) is 5.32 Å². The van der Waals surface area contributed by atoms with Crippen LogP contribution in [-0.4, -0.2) is 29.3 Å². The van der Waals surface area contributed by atoms with Gasteiger partial charge in [0.1, 0.15) is 5.01 Å². The maximum absolute atomic E-state index is 13.4. The van der Waals surface area contributed by atoms with E-state index in [-0.39, 0.29) is 4.90 Å². The predicted molar refractivity (Wildman–Crippen MR) is 123 cm³/mol. The van der Waals surface area contributed by atoms with Crippen LogP contribution in [0.3, 0.4) is 0 Å². The van der Waals surface area contributed by atoms with Gasteiger partial charge in [-0.25, -0.2) is 8.42 Å². The summed E-state index contributed by atoms with van der Waals surface area (Å²) in [6.07, 6.45) is 2.00. The highest BCUT2D eigenvalue weighted by molar-refractivity contribution is 7.93. The quantitative estimate of drug-likeness (QED) is 0.562. The summed E-state index contributed by atoms with van der Waals surface area (Å²) in [6.45, 7) is 4.27. The molecule has 0 saturated heterocycles. The average Bonchev–Trinajstić information content (AvgIpc) is 3.45. The first-order valence-electron chi connectivity index (χ1n) is 10.4. The second-order valence-corrected chi connectivity index (χ2v) is 11.4. The molecular formula is C23H25N3O3S2. The number of benzene rings is 2. The van der Waals surface area contributed by atoms with Crippen molar-refractivity contribution in [1.29, 1.82) is 0 Å². The monoisotopic (exact) mass is 455 g/mol. The number of hydrogen-bond acceptors (Lipinski definition) is 6. The van der Waals surface area contributed by atoms with Crippen LogP contribution in [-0.2, 0) is 14.6 Å². The Morgan fingerprint density at radius 3 is 2.26 bits per heavy atom. The van der Waals surface area contributed by atoms with E-state index in [1.165, 1.54) is 16.9 Å². The molecule has 1 heterocycles. The van der Waals surface area contributed by atoms with Crippen molar-refractivity contribution < 1.29 is 13.2 Å². The van der Waals surface area contributed by atoms with Crippen molar-refractivity contribution in [3.63, 3.8) is 0 Å². The normalized spacial score (nSPS) is 15.8. The minimum atomic E-state index is -3.83. The molecule has 2 aromatic carbocycles. The van der Waals surface area contributed by atoms with Crippen LogP contribution in [0.5, 0.6) is 0 Å². The fourth-order valence-corrected chi connectivity index (χ4v) is 6.83. The molecule has 0 spiro atoms. The van der Waals surface area contributed by atoms with Crippen molar-refractivity contribution in [3.8, 4) is 10.6 Å². The zero-order chi connectivity index (χ0) is 22.1. The summed E-state index contributed by atoms with van der Waals surface area (Å²) in [7, 11) is -3.83. The zero-order valence-electron chi connectivity index (χ0n) is 17.5. The van der Waals surface area contributed by atoms with Gasteiger partial charge < -0.3 is 0 Å². The molecule has 31 heavy (non-hydrogen) atoms. The van der Waals surface area contributed by atoms with Gasteiger partial charge in [0.05, 0.1) is 4.90 Å². The van der Waals surface area contributed by atoms with Crippen molar-refractivity contribution in [3.05, 3.63) is 60.2 Å². The maximum atomic E-state index is 13.4. The average molecular weight is 456 g/mol. The molecule has 0 bridgehead atoms. The Balaban J connectivity index is 1.58. The molecule has 1 N–H and O–H groups in total. The molecule has 1 saturated carbocycles. The highest BCUT2D eigenvalue weighted by Crippen LogP contribution is 2.41. The molecule has 0 radical (unpaired) electrons. The van der Waals surface area contributed by atoms with E-state index in [0.29, 0.717) is 41.7 Å². The summed E-state index contributed by atoms with van der Waals surface area (Å²) in [5, 5.41) is 12.0. The van der Waals surface area contributed by atoms with Crippen molar-refractivity contribution in [2.45, 2.75) is 55.1 Å². The number of aromatic nitrogens is 2. The van der Waals surface area contributed by atoms with Gasteiger partial charge in [-0.3, -0.25) is 10.1 Å². The Bertz CT molecular complexity index is 1160. The van der Waals surface area contributed by atoms with Crippen LogP contribution in [0.25, 0.3) is 10.6 Å². The smallest absolute Gasteiger partial charge is 0.248 e. The van der Waals surface area contributed by atoms with E-state index in [2.05, 4.69) is 41.5 Å². The van der Waals surface area contributed by atoms with E-state index in [0.717, 1.165) is 5.56 Å². The van der Waals surface area contributed by atoms with E-state index in [4.69, 9.17) is 0 Å². The fourth-order valence-electron chi connectivity index (χ4n) is 4.00. The van der Waals surface area contributed by atoms with Crippen LogP contribution >= 0.6 is 11.3 Å². The van der Waals surface area contributed by atoms with Crippen molar-refractivity contribution in [2.24, 2.45) is 0 Å². The van der Waals surface area contributed by atoms with E-state index in [1.807, 2.05) is 12.1 Å². The number of anilines is 1. The minimum absolute atomic E-state index is 0.176. The van der Waals surface area contributed by atoms with Crippen LogP contribution in [0.1, 0.15) is 51.0 Å². The fraction of sp³-hybridized carbons (Fsp3) is 0.348. The topological polar surface area (TPSA) is 89.0 Å². The molecule has 4 rings (SSSR count). The molecule has 3 aromatic rings. The number of nitrogens with one attached hydrogen (secondary N) is 1. The Labute approximate surface area is 186 Å². The van der Waals surface area contributed by atoms with Gasteiger partial charge >= 0.3 is 0 Å². The SMILES string of the molecule is CC(C)c1ccc(-c2nnc(NC(=O)C3(S(=O)(=O)c4ccccc4)CCCC3)s2)cc1. The second-order valence-electron chi connectivity index (χ2n) is 8.16. The Kier molecular flexibility index (Phi) is 5.94. The molecule has 0 atom stereocenters. The van der Waals surface area contributed by atoms with E-state index in [9.17, 15) is 13.2 Å². The highest BCUT2D eigenvalue weighted by atomic mass is 32.2. The van der Waals surface area contributed by atoms with Crippen LogP contribution in [0.15, 0.2) is 59.5 Å². The molecular weight excluding hydrogens is 430 g/mol. The largest absolute Gasteiger partial charge is 0.299 e. The van der Waals surface area contributed by atoms with Gasteiger partial charge in [0.2, 0.25) is 11.0 Å². The summed E-state index contributed by atoms with van der Waals surface area (Å²) >= 11 is 1.24. The zero-order valence-corrected chi connectivity index (χ0v) is 19.2. The number of amides is 1. The van der Waals surface area contributed by atoms with Crippen LogP contribution < -0.4 is 5.32 Å². The molecule has 0 aliphatic heterocycles. The summed E-state index contributed by atoms with van der Waals surface area (Å²) in [4.78, 5) is 13.4. The highest BCUT2D eigenvalue weighted by Gasteiger charge is 2.53. The number of hydrogen-bond donors (Lipinski definition) is 1. The molecule has 8 heteroatoms. The Morgan fingerprint density at radius 2 is 1.65 bits per heavy atom.